The Kier molecular flexibility index (Phi) is 5.88. The van der Waals surface area contributed by atoms with E-state index >= 15 is 0 Å². The van der Waals surface area contributed by atoms with Gasteiger partial charge in [0.2, 0.25) is 0 Å². The van der Waals surface area contributed by atoms with Gasteiger partial charge in [0.1, 0.15) is 0 Å². The molecule has 0 spiro atoms. The number of rotatable bonds is 6. The third-order valence-corrected chi connectivity index (χ3v) is 5.76. The van der Waals surface area contributed by atoms with Gasteiger partial charge in [-0.3, -0.25) is 9.78 Å². The molecule has 0 saturated heterocycles. The van der Waals surface area contributed by atoms with Crippen molar-refractivity contribution in [2.24, 2.45) is 0 Å². The zero-order valence-corrected chi connectivity index (χ0v) is 17.3. The zero-order chi connectivity index (χ0) is 20.1. The first-order valence-electron chi connectivity index (χ1n) is 8.90. The van der Waals surface area contributed by atoms with Gasteiger partial charge in [-0.25, -0.2) is 4.98 Å². The Bertz CT molecular complexity index is 1110. The summed E-state index contributed by atoms with van der Waals surface area (Å²) in [6.45, 7) is 0. The molecule has 2 N–H and O–H groups in total. The standard InChI is InChI=1S/C22H18N4OS2/c1-28-20-7-3-2-6-18(20)21(27)24-16-10-8-15(9-11-16)19-14-29-22(26-19)25-17-5-4-12-23-13-17/h2-14H,1H3,(H,24,27)(H,25,26). The molecule has 0 bridgehead atoms. The summed E-state index contributed by atoms with van der Waals surface area (Å²) in [6.07, 6.45) is 5.46. The highest BCUT2D eigenvalue weighted by Gasteiger charge is 2.11. The molecule has 0 atom stereocenters. The summed E-state index contributed by atoms with van der Waals surface area (Å²) in [7, 11) is 0. The number of aromatic nitrogens is 2. The first-order valence-corrected chi connectivity index (χ1v) is 11.0. The summed E-state index contributed by atoms with van der Waals surface area (Å²) in [5.41, 5.74) is 4.19. The highest BCUT2D eigenvalue weighted by Crippen LogP contribution is 2.28. The van der Waals surface area contributed by atoms with Gasteiger partial charge in [0.15, 0.2) is 5.13 Å². The second-order valence-corrected chi connectivity index (χ2v) is 7.84. The van der Waals surface area contributed by atoms with Crippen molar-refractivity contribution in [2.45, 2.75) is 4.90 Å². The van der Waals surface area contributed by atoms with E-state index in [4.69, 9.17) is 0 Å². The average molecular weight is 419 g/mol. The Morgan fingerprint density at radius 1 is 1.00 bits per heavy atom. The Hall–Kier alpha value is -3.16. The van der Waals surface area contributed by atoms with E-state index in [-0.39, 0.29) is 5.91 Å². The van der Waals surface area contributed by atoms with Crippen LogP contribution in [0.2, 0.25) is 0 Å². The molecule has 144 valence electrons. The maximum atomic E-state index is 12.6. The minimum Gasteiger partial charge on any atom is -0.330 e. The van der Waals surface area contributed by atoms with Crippen LogP contribution in [-0.2, 0) is 0 Å². The second kappa shape index (κ2) is 8.89. The van der Waals surface area contributed by atoms with Crippen LogP contribution < -0.4 is 10.6 Å². The Morgan fingerprint density at radius 3 is 2.59 bits per heavy atom. The number of anilines is 3. The average Bonchev–Trinajstić information content (AvgIpc) is 3.23. The van der Waals surface area contributed by atoms with E-state index in [1.807, 2.05) is 72.3 Å². The van der Waals surface area contributed by atoms with Crippen molar-refractivity contribution in [3.05, 3.63) is 84.0 Å². The quantitative estimate of drug-likeness (QED) is 0.380. The number of benzene rings is 2. The van der Waals surface area contributed by atoms with Gasteiger partial charge in [-0.1, -0.05) is 24.3 Å². The third-order valence-electron chi connectivity index (χ3n) is 4.21. The van der Waals surface area contributed by atoms with Crippen LogP contribution in [0.15, 0.2) is 83.3 Å². The van der Waals surface area contributed by atoms with E-state index in [1.54, 1.807) is 24.2 Å². The molecule has 0 fully saturated rings. The van der Waals surface area contributed by atoms with Crippen LogP contribution in [0, 0.1) is 0 Å². The molecule has 5 nitrogen and oxygen atoms in total. The monoisotopic (exact) mass is 418 g/mol. The van der Waals surface area contributed by atoms with Gasteiger partial charge in [0, 0.05) is 27.7 Å². The van der Waals surface area contributed by atoms with Crippen molar-refractivity contribution >= 4 is 45.5 Å². The Morgan fingerprint density at radius 2 is 1.83 bits per heavy atom. The number of carbonyl (C=O) groups excluding carboxylic acids is 1. The fourth-order valence-corrected chi connectivity index (χ4v) is 4.11. The predicted molar refractivity (Wildman–Crippen MR) is 121 cm³/mol. The number of nitrogens with one attached hydrogen (secondary N) is 2. The van der Waals surface area contributed by atoms with E-state index in [1.165, 1.54) is 11.3 Å². The van der Waals surface area contributed by atoms with Crippen molar-refractivity contribution in [1.29, 1.82) is 0 Å². The lowest BCUT2D eigenvalue weighted by atomic mass is 10.1. The van der Waals surface area contributed by atoms with Gasteiger partial charge >= 0.3 is 0 Å². The van der Waals surface area contributed by atoms with E-state index < -0.39 is 0 Å². The molecule has 4 rings (SSSR count). The minimum absolute atomic E-state index is 0.112. The smallest absolute Gasteiger partial charge is 0.256 e. The fourth-order valence-electron chi connectivity index (χ4n) is 2.78. The molecule has 7 heteroatoms. The summed E-state index contributed by atoms with van der Waals surface area (Å²) in [5, 5.41) is 9.01. The molecule has 29 heavy (non-hydrogen) atoms. The lowest BCUT2D eigenvalue weighted by Gasteiger charge is -2.09. The van der Waals surface area contributed by atoms with Crippen LogP contribution in [0.5, 0.6) is 0 Å². The van der Waals surface area contributed by atoms with Crippen LogP contribution in [0.4, 0.5) is 16.5 Å². The maximum Gasteiger partial charge on any atom is 0.256 e. The molecule has 2 aromatic heterocycles. The summed E-state index contributed by atoms with van der Waals surface area (Å²) >= 11 is 3.09. The van der Waals surface area contributed by atoms with Crippen molar-refractivity contribution in [3.8, 4) is 11.3 Å². The lowest BCUT2D eigenvalue weighted by Crippen LogP contribution is -2.12. The molecular weight excluding hydrogens is 400 g/mol. The molecule has 0 aliphatic carbocycles. The SMILES string of the molecule is CSc1ccccc1C(=O)Nc1ccc(-c2csc(Nc3cccnc3)n2)cc1. The normalized spacial score (nSPS) is 10.5. The summed E-state index contributed by atoms with van der Waals surface area (Å²) in [5.74, 6) is -0.112. The number of hydrogen-bond donors (Lipinski definition) is 2. The van der Waals surface area contributed by atoms with Crippen LogP contribution in [0.3, 0.4) is 0 Å². The van der Waals surface area contributed by atoms with Crippen LogP contribution in [-0.4, -0.2) is 22.1 Å². The summed E-state index contributed by atoms with van der Waals surface area (Å²) in [4.78, 5) is 22.2. The van der Waals surface area contributed by atoms with Gasteiger partial charge in [0.25, 0.3) is 5.91 Å². The van der Waals surface area contributed by atoms with Gasteiger partial charge in [0.05, 0.1) is 23.1 Å². The first-order chi connectivity index (χ1) is 14.2. The van der Waals surface area contributed by atoms with E-state index in [2.05, 4.69) is 20.6 Å². The maximum absolute atomic E-state index is 12.6. The molecule has 2 heterocycles. The molecule has 2 aromatic carbocycles. The molecule has 0 radical (unpaired) electrons. The Labute approximate surface area is 177 Å². The van der Waals surface area contributed by atoms with Gasteiger partial charge in [-0.05, 0) is 42.7 Å². The van der Waals surface area contributed by atoms with Gasteiger partial charge in [-0.15, -0.1) is 23.1 Å². The number of thiazole rings is 1. The first kappa shape index (κ1) is 19.2. The lowest BCUT2D eigenvalue weighted by molar-refractivity contribution is 0.102. The number of carbonyl (C=O) groups is 1. The van der Waals surface area contributed by atoms with Crippen molar-refractivity contribution in [3.63, 3.8) is 0 Å². The molecular formula is C22H18N4OS2. The number of hydrogen-bond acceptors (Lipinski definition) is 6. The molecule has 0 unspecified atom stereocenters. The largest absolute Gasteiger partial charge is 0.330 e. The van der Waals surface area contributed by atoms with Gasteiger partial charge in [-0.2, -0.15) is 0 Å². The van der Waals surface area contributed by atoms with E-state index in [0.717, 1.165) is 32.7 Å². The molecule has 1 amide bonds. The molecule has 0 saturated carbocycles. The number of amides is 1. The predicted octanol–water partition coefficient (Wildman–Crippen LogP) is 5.92. The van der Waals surface area contributed by atoms with Crippen molar-refractivity contribution in [2.75, 3.05) is 16.9 Å². The molecule has 4 aromatic rings. The zero-order valence-electron chi connectivity index (χ0n) is 15.6. The van der Waals surface area contributed by atoms with Crippen molar-refractivity contribution in [1.82, 2.24) is 9.97 Å². The highest BCUT2D eigenvalue weighted by molar-refractivity contribution is 7.98. The van der Waals surface area contributed by atoms with E-state index in [9.17, 15) is 4.79 Å². The molecule has 0 aliphatic heterocycles. The van der Waals surface area contributed by atoms with Crippen molar-refractivity contribution < 1.29 is 4.79 Å². The van der Waals surface area contributed by atoms with E-state index in [0.29, 0.717) is 5.56 Å². The number of thioether (sulfide) groups is 1. The fraction of sp³-hybridized carbons (Fsp3) is 0.0455. The summed E-state index contributed by atoms with van der Waals surface area (Å²) < 4.78 is 0. The highest BCUT2D eigenvalue weighted by atomic mass is 32.2. The van der Waals surface area contributed by atoms with Gasteiger partial charge < -0.3 is 10.6 Å². The second-order valence-electron chi connectivity index (χ2n) is 6.14. The van der Waals surface area contributed by atoms with Crippen LogP contribution in [0.1, 0.15) is 10.4 Å². The summed E-state index contributed by atoms with van der Waals surface area (Å²) in [6, 6.07) is 19.1. The third kappa shape index (κ3) is 4.64. The number of nitrogens with zero attached hydrogens (tertiary/aromatic N) is 2. The minimum atomic E-state index is -0.112. The van der Waals surface area contributed by atoms with Crippen LogP contribution in [0.25, 0.3) is 11.3 Å². The Balaban J connectivity index is 1.45. The topological polar surface area (TPSA) is 66.9 Å². The van der Waals surface area contributed by atoms with Crippen LogP contribution >= 0.6 is 23.1 Å². The number of pyridine rings is 1. The molecule has 0 aliphatic rings.